The molecule has 1 atom stereocenters. The number of ether oxygens (including phenoxy) is 2. The van der Waals surface area contributed by atoms with E-state index in [1.807, 2.05) is 0 Å². The molecule has 1 aromatic heterocycles. The predicted octanol–water partition coefficient (Wildman–Crippen LogP) is 4.45. The highest BCUT2D eigenvalue weighted by Gasteiger charge is 2.33. The molecule has 3 aromatic rings. The van der Waals surface area contributed by atoms with Gasteiger partial charge in [-0.2, -0.15) is 0 Å². The van der Waals surface area contributed by atoms with Crippen molar-refractivity contribution in [2.45, 2.75) is 18.9 Å². The monoisotopic (exact) mass is 489 g/mol. The second-order valence-corrected chi connectivity index (χ2v) is 8.42. The van der Waals surface area contributed by atoms with Crippen LogP contribution in [0, 0.1) is 11.6 Å². The van der Waals surface area contributed by atoms with Gasteiger partial charge in [-0.3, -0.25) is 4.79 Å². The fraction of sp³-hybridized carbons (Fsp3) is 0.273. The Morgan fingerprint density at radius 3 is 2.41 bits per heavy atom. The van der Waals surface area contributed by atoms with Crippen LogP contribution < -0.4 is 20.1 Å². The smallest absolute Gasteiger partial charge is 0.322 e. The summed E-state index contributed by atoms with van der Waals surface area (Å²) in [5.41, 5.74) is 0.604. The Hall–Kier alpha value is -3.80. The number of anilines is 2. The largest absolute Gasteiger partial charge is 0.497 e. The van der Waals surface area contributed by atoms with E-state index < -0.39 is 17.5 Å². The van der Waals surface area contributed by atoms with Gasteiger partial charge >= 0.3 is 6.03 Å². The fourth-order valence-corrected chi connectivity index (χ4v) is 4.45. The first-order valence-corrected chi connectivity index (χ1v) is 11.1. The highest BCUT2D eigenvalue weighted by atomic mass is 32.1. The van der Waals surface area contributed by atoms with Crippen molar-refractivity contribution in [3.63, 3.8) is 0 Å². The van der Waals surface area contributed by atoms with E-state index in [1.54, 1.807) is 23.1 Å². The number of amides is 3. The van der Waals surface area contributed by atoms with E-state index in [1.165, 1.54) is 20.3 Å². The van der Waals surface area contributed by atoms with E-state index >= 15 is 0 Å². The number of hydrogen-bond donors (Lipinski definition) is 2. The zero-order valence-electron chi connectivity index (χ0n) is 18.3. The van der Waals surface area contributed by atoms with Crippen molar-refractivity contribution in [3.8, 4) is 11.5 Å². The van der Waals surface area contributed by atoms with Gasteiger partial charge in [-0.1, -0.05) is 11.3 Å². The summed E-state index contributed by atoms with van der Waals surface area (Å²) in [6, 6.07) is 7.41. The summed E-state index contributed by atoms with van der Waals surface area (Å²) in [7, 11) is 3.04. The van der Waals surface area contributed by atoms with Crippen LogP contribution in [0.1, 0.15) is 33.7 Å². The highest BCUT2D eigenvalue weighted by Crippen LogP contribution is 2.35. The minimum atomic E-state index is -1.07. The van der Waals surface area contributed by atoms with Gasteiger partial charge in [0.1, 0.15) is 16.5 Å². The summed E-state index contributed by atoms with van der Waals surface area (Å²) in [5, 5.41) is 13.9. The zero-order valence-corrected chi connectivity index (χ0v) is 19.1. The highest BCUT2D eigenvalue weighted by molar-refractivity contribution is 7.13. The van der Waals surface area contributed by atoms with Crippen molar-refractivity contribution in [2.75, 3.05) is 31.4 Å². The maximum atomic E-state index is 13.4. The molecule has 4 rings (SSSR count). The van der Waals surface area contributed by atoms with E-state index in [4.69, 9.17) is 9.47 Å². The van der Waals surface area contributed by atoms with E-state index in [-0.39, 0.29) is 22.8 Å². The first kappa shape index (κ1) is 23.4. The Balaban J connectivity index is 1.45. The zero-order chi connectivity index (χ0) is 24.2. The lowest BCUT2D eigenvalue weighted by molar-refractivity contribution is 0.102. The second kappa shape index (κ2) is 10.00. The molecule has 1 unspecified atom stereocenters. The van der Waals surface area contributed by atoms with Gasteiger partial charge in [0, 0.05) is 42.2 Å². The van der Waals surface area contributed by atoms with Gasteiger partial charge < -0.3 is 25.0 Å². The normalized spacial score (nSPS) is 15.2. The molecule has 1 aliphatic rings. The SMILES string of the molecule is COc1cc(NC(=O)N2CCCC2c2nnc(C(=O)Nc3ccc(F)c(F)c3)s2)cc(OC)c1. The molecule has 3 amide bonds. The standard InChI is InChI=1S/C22H21F2N5O4S/c1-32-14-8-13(9-15(11-14)33-2)26-22(31)29-7-3-4-18(29)20-27-28-21(34-20)19(30)25-12-5-6-16(23)17(24)10-12/h5-6,8-11,18H,3-4,7H2,1-2H3,(H,25,30)(H,26,31). The molecule has 0 saturated carbocycles. The summed E-state index contributed by atoms with van der Waals surface area (Å²) in [5.74, 6) is -1.62. The minimum absolute atomic E-state index is 0.0459. The molecule has 0 aliphatic carbocycles. The van der Waals surface area contributed by atoms with Crippen LogP contribution in [-0.2, 0) is 0 Å². The average molecular weight is 490 g/mol. The third kappa shape index (κ3) is 5.06. The number of nitrogens with one attached hydrogen (secondary N) is 2. The number of halogens is 2. The average Bonchev–Trinajstić information content (AvgIpc) is 3.51. The Morgan fingerprint density at radius 1 is 1.00 bits per heavy atom. The number of hydrogen-bond acceptors (Lipinski definition) is 7. The molecular weight excluding hydrogens is 468 g/mol. The van der Waals surface area contributed by atoms with Crippen molar-refractivity contribution >= 4 is 34.6 Å². The summed E-state index contributed by atoms with van der Waals surface area (Å²) in [4.78, 5) is 27.1. The van der Waals surface area contributed by atoms with Crippen LogP contribution in [0.2, 0.25) is 0 Å². The molecule has 0 radical (unpaired) electrons. The number of likely N-dealkylation sites (tertiary alicyclic amines) is 1. The maximum Gasteiger partial charge on any atom is 0.322 e. The molecule has 34 heavy (non-hydrogen) atoms. The number of benzene rings is 2. The van der Waals surface area contributed by atoms with Crippen molar-refractivity contribution in [1.82, 2.24) is 15.1 Å². The number of methoxy groups -OCH3 is 2. The predicted molar refractivity (Wildman–Crippen MR) is 121 cm³/mol. The summed E-state index contributed by atoms with van der Waals surface area (Å²) in [6.07, 6.45) is 1.42. The van der Waals surface area contributed by atoms with Crippen LogP contribution in [0.5, 0.6) is 11.5 Å². The van der Waals surface area contributed by atoms with Crippen molar-refractivity contribution in [1.29, 1.82) is 0 Å². The Kier molecular flexibility index (Phi) is 6.87. The Morgan fingerprint density at radius 2 is 1.74 bits per heavy atom. The number of carbonyl (C=O) groups is 2. The van der Waals surface area contributed by atoms with Crippen LogP contribution in [0.25, 0.3) is 0 Å². The lowest BCUT2D eigenvalue weighted by atomic mass is 10.2. The van der Waals surface area contributed by atoms with Crippen LogP contribution in [0.3, 0.4) is 0 Å². The lowest BCUT2D eigenvalue weighted by Crippen LogP contribution is -2.34. The Bertz CT molecular complexity index is 1200. The van der Waals surface area contributed by atoms with Crippen molar-refractivity contribution in [2.24, 2.45) is 0 Å². The fourth-order valence-electron chi connectivity index (χ4n) is 3.56. The third-order valence-corrected chi connectivity index (χ3v) is 6.24. The van der Waals surface area contributed by atoms with E-state index in [2.05, 4.69) is 20.8 Å². The number of carbonyl (C=O) groups excluding carboxylic acids is 2. The summed E-state index contributed by atoms with van der Waals surface area (Å²) in [6.45, 7) is 0.508. The molecule has 0 bridgehead atoms. The quantitative estimate of drug-likeness (QED) is 0.530. The van der Waals surface area contributed by atoms with Gasteiger partial charge in [0.15, 0.2) is 11.6 Å². The van der Waals surface area contributed by atoms with Crippen molar-refractivity contribution < 1.29 is 27.8 Å². The van der Waals surface area contributed by atoms with Crippen LogP contribution >= 0.6 is 11.3 Å². The van der Waals surface area contributed by atoms with Gasteiger partial charge in [0.25, 0.3) is 5.91 Å². The topological polar surface area (TPSA) is 106 Å². The lowest BCUT2D eigenvalue weighted by Gasteiger charge is -2.23. The molecule has 1 saturated heterocycles. The van der Waals surface area contributed by atoms with Crippen LogP contribution in [-0.4, -0.2) is 47.8 Å². The number of nitrogens with zero attached hydrogens (tertiary/aromatic N) is 3. The van der Waals surface area contributed by atoms with Crippen molar-refractivity contribution in [3.05, 3.63) is 58.0 Å². The molecule has 2 aromatic carbocycles. The molecular formula is C22H21F2N5O4S. The molecule has 2 N–H and O–H groups in total. The molecule has 12 heteroatoms. The van der Waals surface area contributed by atoms with Gasteiger partial charge in [-0.05, 0) is 25.0 Å². The molecule has 2 heterocycles. The van der Waals surface area contributed by atoms with Gasteiger partial charge in [-0.25, -0.2) is 13.6 Å². The molecule has 1 fully saturated rings. The second-order valence-electron chi connectivity index (χ2n) is 7.41. The maximum absolute atomic E-state index is 13.4. The number of aromatic nitrogens is 2. The molecule has 0 spiro atoms. The first-order chi connectivity index (χ1) is 16.4. The third-order valence-electron chi connectivity index (χ3n) is 5.21. The molecule has 1 aliphatic heterocycles. The first-order valence-electron chi connectivity index (χ1n) is 10.3. The summed E-state index contributed by atoms with van der Waals surface area (Å²) < 4.78 is 37.0. The van der Waals surface area contributed by atoms with Gasteiger partial charge in [-0.15, -0.1) is 10.2 Å². The minimum Gasteiger partial charge on any atom is -0.497 e. The molecule has 178 valence electrons. The number of rotatable bonds is 6. The van der Waals surface area contributed by atoms with Gasteiger partial charge in [0.2, 0.25) is 5.01 Å². The number of urea groups is 1. The molecule has 9 nitrogen and oxygen atoms in total. The van der Waals surface area contributed by atoms with Crippen LogP contribution in [0.15, 0.2) is 36.4 Å². The summed E-state index contributed by atoms with van der Waals surface area (Å²) >= 11 is 1.04. The van der Waals surface area contributed by atoms with Gasteiger partial charge in [0.05, 0.1) is 20.3 Å². The van der Waals surface area contributed by atoms with E-state index in [0.29, 0.717) is 35.2 Å². The Labute approximate surface area is 197 Å². The van der Waals surface area contributed by atoms with E-state index in [9.17, 15) is 18.4 Å². The van der Waals surface area contributed by atoms with E-state index in [0.717, 1.165) is 29.9 Å². The van der Waals surface area contributed by atoms with Crippen LogP contribution in [0.4, 0.5) is 25.0 Å².